The highest BCUT2D eigenvalue weighted by Crippen LogP contribution is 2.16. The van der Waals surface area contributed by atoms with Crippen LogP contribution in [0.2, 0.25) is 0 Å². The first kappa shape index (κ1) is 16.0. The van der Waals surface area contributed by atoms with E-state index >= 15 is 0 Å². The highest BCUT2D eigenvalue weighted by molar-refractivity contribution is 6.62. The first-order valence-corrected chi connectivity index (χ1v) is 7.53. The number of rotatable bonds is 4. The maximum atomic E-state index is 12.2. The number of hydrogen-bond donors (Lipinski definition) is 2. The van der Waals surface area contributed by atoms with Gasteiger partial charge in [0.1, 0.15) is 12.6 Å². The molecule has 0 aromatic heterocycles. The molecule has 2 N–H and O–H groups in total. The van der Waals surface area contributed by atoms with Crippen molar-refractivity contribution in [1.29, 1.82) is 0 Å². The van der Waals surface area contributed by atoms with Gasteiger partial charge < -0.3 is 24.5 Å². The zero-order valence-corrected chi connectivity index (χ0v) is 12.8. The molecular weight excluding hydrogens is 301 g/mol. The summed E-state index contributed by atoms with van der Waals surface area (Å²) in [7, 11) is -1.01. The molecule has 2 aliphatic heterocycles. The molecule has 1 atom stereocenters. The van der Waals surface area contributed by atoms with E-state index in [0.29, 0.717) is 42.8 Å². The molecule has 0 aliphatic carbocycles. The number of hydrogen-bond acceptors (Lipinski definition) is 6. The molecule has 8 heteroatoms. The van der Waals surface area contributed by atoms with Crippen molar-refractivity contribution in [2.75, 3.05) is 19.8 Å². The molecule has 1 amide bonds. The van der Waals surface area contributed by atoms with Gasteiger partial charge >= 0.3 is 13.1 Å². The Morgan fingerprint density at radius 3 is 3.04 bits per heavy atom. The zero-order valence-electron chi connectivity index (χ0n) is 12.8. The largest absolute Gasteiger partial charge is 0.492 e. The Morgan fingerprint density at radius 2 is 2.30 bits per heavy atom. The van der Waals surface area contributed by atoms with E-state index in [1.165, 1.54) is 0 Å². The fraction of sp³-hybridized carbons (Fsp3) is 0.467. The van der Waals surface area contributed by atoms with Crippen molar-refractivity contribution in [1.82, 2.24) is 5.32 Å². The molecular formula is C15H18BNO6. The lowest BCUT2D eigenvalue weighted by Gasteiger charge is -2.12. The molecule has 2 heterocycles. The fourth-order valence-electron chi connectivity index (χ4n) is 2.83. The van der Waals surface area contributed by atoms with Crippen LogP contribution in [0.4, 0.5) is 0 Å². The van der Waals surface area contributed by atoms with E-state index < -0.39 is 13.1 Å². The molecule has 1 saturated heterocycles. The van der Waals surface area contributed by atoms with Gasteiger partial charge in [-0.05, 0) is 29.6 Å². The molecule has 0 saturated carbocycles. The summed E-state index contributed by atoms with van der Waals surface area (Å²) in [4.78, 5) is 24.0. The second kappa shape index (κ2) is 6.70. The lowest BCUT2D eigenvalue weighted by molar-refractivity contribution is -0.147. The standard InChI is InChI=1S/C15H18BNO6/c1-9-12(3-2-10-7-22-16(20)14(9)10)15(19)17-6-13(18)23-11-4-5-21-8-11/h2-3,11,20H,4-8H2,1H3,(H,17,19). The van der Waals surface area contributed by atoms with Crippen molar-refractivity contribution >= 4 is 24.5 Å². The van der Waals surface area contributed by atoms with Gasteiger partial charge in [0.05, 0.1) is 19.8 Å². The number of nitrogens with one attached hydrogen (secondary N) is 1. The number of benzene rings is 1. The SMILES string of the molecule is Cc1c(C(=O)NCC(=O)OC2CCOC2)ccc2c1B(O)OC2. The van der Waals surface area contributed by atoms with E-state index in [1.807, 2.05) is 0 Å². The molecule has 7 nitrogen and oxygen atoms in total. The van der Waals surface area contributed by atoms with Crippen molar-refractivity contribution in [3.8, 4) is 0 Å². The third-order valence-corrected chi connectivity index (χ3v) is 4.07. The van der Waals surface area contributed by atoms with Gasteiger partial charge in [0, 0.05) is 12.0 Å². The number of carbonyl (C=O) groups is 2. The Kier molecular flexibility index (Phi) is 4.65. The monoisotopic (exact) mass is 319 g/mol. The average molecular weight is 319 g/mol. The molecule has 1 aromatic carbocycles. The Labute approximate surface area is 134 Å². The third-order valence-electron chi connectivity index (χ3n) is 4.07. The molecule has 0 bridgehead atoms. The summed E-state index contributed by atoms with van der Waals surface area (Å²) in [5, 5.41) is 12.3. The van der Waals surface area contributed by atoms with E-state index in [1.54, 1.807) is 19.1 Å². The van der Waals surface area contributed by atoms with Crippen LogP contribution in [0.3, 0.4) is 0 Å². The maximum absolute atomic E-state index is 12.2. The van der Waals surface area contributed by atoms with Crippen LogP contribution in [0.5, 0.6) is 0 Å². The molecule has 1 aromatic rings. The number of amides is 1. The molecule has 1 fully saturated rings. The van der Waals surface area contributed by atoms with E-state index in [2.05, 4.69) is 5.32 Å². The smallest absolute Gasteiger partial charge is 0.459 e. The summed E-state index contributed by atoms with van der Waals surface area (Å²) in [5.41, 5.74) is 2.56. The Balaban J connectivity index is 1.60. The highest BCUT2D eigenvalue weighted by Gasteiger charge is 2.31. The van der Waals surface area contributed by atoms with E-state index in [0.717, 1.165) is 5.56 Å². The van der Waals surface area contributed by atoms with Crippen LogP contribution in [-0.2, 0) is 25.5 Å². The van der Waals surface area contributed by atoms with E-state index in [9.17, 15) is 14.6 Å². The molecule has 122 valence electrons. The van der Waals surface area contributed by atoms with Crippen molar-refractivity contribution in [2.45, 2.75) is 26.1 Å². The molecule has 0 spiro atoms. The second-order valence-corrected chi connectivity index (χ2v) is 5.63. The van der Waals surface area contributed by atoms with Gasteiger partial charge in [-0.2, -0.15) is 0 Å². The van der Waals surface area contributed by atoms with Crippen LogP contribution in [0.25, 0.3) is 0 Å². The molecule has 3 rings (SSSR count). The van der Waals surface area contributed by atoms with Gasteiger partial charge in [0.25, 0.3) is 5.91 Å². The van der Waals surface area contributed by atoms with Crippen molar-refractivity contribution in [3.05, 3.63) is 28.8 Å². The second-order valence-electron chi connectivity index (χ2n) is 5.63. The van der Waals surface area contributed by atoms with Crippen LogP contribution in [0.15, 0.2) is 12.1 Å². The first-order chi connectivity index (χ1) is 11.1. The van der Waals surface area contributed by atoms with Crippen LogP contribution >= 0.6 is 0 Å². The van der Waals surface area contributed by atoms with Gasteiger partial charge in [-0.15, -0.1) is 0 Å². The highest BCUT2D eigenvalue weighted by atomic mass is 16.6. The predicted molar refractivity (Wildman–Crippen MR) is 81.2 cm³/mol. The lowest BCUT2D eigenvalue weighted by atomic mass is 9.75. The predicted octanol–water partition coefficient (Wildman–Crippen LogP) is -0.725. The summed E-state index contributed by atoms with van der Waals surface area (Å²) in [6, 6.07) is 3.42. The summed E-state index contributed by atoms with van der Waals surface area (Å²) in [5.74, 6) is -0.875. The number of esters is 1. The minimum atomic E-state index is -1.01. The van der Waals surface area contributed by atoms with Crippen LogP contribution < -0.4 is 10.8 Å². The van der Waals surface area contributed by atoms with Gasteiger partial charge in [-0.3, -0.25) is 9.59 Å². The molecule has 23 heavy (non-hydrogen) atoms. The molecule has 1 unspecified atom stereocenters. The number of fused-ring (bicyclic) bond motifs is 1. The van der Waals surface area contributed by atoms with Crippen LogP contribution in [0, 0.1) is 6.92 Å². The number of carbonyl (C=O) groups excluding carboxylic acids is 2. The van der Waals surface area contributed by atoms with Crippen LogP contribution in [-0.4, -0.2) is 49.9 Å². The Bertz CT molecular complexity index is 629. The van der Waals surface area contributed by atoms with E-state index in [-0.39, 0.29) is 18.6 Å². The zero-order chi connectivity index (χ0) is 16.4. The van der Waals surface area contributed by atoms with Crippen molar-refractivity contribution < 1.29 is 28.7 Å². The first-order valence-electron chi connectivity index (χ1n) is 7.53. The molecule has 0 radical (unpaired) electrons. The summed E-state index contributed by atoms with van der Waals surface area (Å²) in [6.07, 6.45) is 0.454. The normalized spacial score (nSPS) is 19.6. The minimum absolute atomic E-state index is 0.203. The number of ether oxygens (including phenoxy) is 2. The maximum Gasteiger partial charge on any atom is 0.492 e. The van der Waals surface area contributed by atoms with Gasteiger partial charge in [-0.1, -0.05) is 6.07 Å². The fourth-order valence-corrected chi connectivity index (χ4v) is 2.83. The Hall–Kier alpha value is -1.90. The van der Waals surface area contributed by atoms with Crippen LogP contribution in [0.1, 0.15) is 27.9 Å². The van der Waals surface area contributed by atoms with E-state index in [4.69, 9.17) is 14.1 Å². The summed E-state index contributed by atoms with van der Waals surface area (Å²) >= 11 is 0. The minimum Gasteiger partial charge on any atom is -0.459 e. The van der Waals surface area contributed by atoms with Crippen molar-refractivity contribution in [2.24, 2.45) is 0 Å². The third kappa shape index (κ3) is 3.39. The average Bonchev–Trinajstić information content (AvgIpc) is 3.15. The van der Waals surface area contributed by atoms with Crippen molar-refractivity contribution in [3.63, 3.8) is 0 Å². The van der Waals surface area contributed by atoms with Gasteiger partial charge in [-0.25, -0.2) is 0 Å². The van der Waals surface area contributed by atoms with Gasteiger partial charge in [0.15, 0.2) is 0 Å². The Morgan fingerprint density at radius 1 is 1.48 bits per heavy atom. The topological polar surface area (TPSA) is 94.1 Å². The summed E-state index contributed by atoms with van der Waals surface area (Å²) < 4.78 is 15.5. The molecule has 2 aliphatic rings. The summed E-state index contributed by atoms with van der Waals surface area (Å²) in [6.45, 7) is 2.87. The van der Waals surface area contributed by atoms with Gasteiger partial charge in [0.2, 0.25) is 0 Å². The quantitative estimate of drug-likeness (QED) is 0.562. The lowest BCUT2D eigenvalue weighted by Crippen LogP contribution is -2.36.